The molecule has 3 fully saturated rings. The topological polar surface area (TPSA) is 62.7 Å². The largest absolute Gasteiger partial charge is 0.462 e. The summed E-state index contributed by atoms with van der Waals surface area (Å²) in [4.78, 5) is 34.6. The molecule has 2 saturated heterocycles. The van der Waals surface area contributed by atoms with Crippen molar-refractivity contribution in [1.29, 1.82) is 0 Å². The van der Waals surface area contributed by atoms with Gasteiger partial charge in [-0.3, -0.25) is 9.78 Å². The van der Waals surface area contributed by atoms with Crippen LogP contribution in [0.5, 0.6) is 0 Å². The van der Waals surface area contributed by atoms with Crippen LogP contribution in [-0.2, 0) is 28.7 Å². The predicted molar refractivity (Wildman–Crippen MR) is 142 cm³/mol. The van der Waals surface area contributed by atoms with E-state index in [-0.39, 0.29) is 30.4 Å². The Bertz CT molecular complexity index is 1310. The van der Waals surface area contributed by atoms with E-state index >= 15 is 0 Å². The molecular formula is C31H36F3N3O3. The van der Waals surface area contributed by atoms with Gasteiger partial charge in [0.15, 0.2) is 0 Å². The first-order valence-electron chi connectivity index (χ1n) is 14.5. The van der Waals surface area contributed by atoms with Crippen molar-refractivity contribution in [2.24, 2.45) is 11.3 Å². The number of benzene rings is 1. The van der Waals surface area contributed by atoms with Crippen LogP contribution in [0.15, 0.2) is 36.5 Å². The minimum Gasteiger partial charge on any atom is -0.462 e. The number of alkyl halides is 3. The molecule has 1 aromatic carbocycles. The van der Waals surface area contributed by atoms with E-state index in [1.165, 1.54) is 11.6 Å². The highest BCUT2D eigenvalue weighted by atomic mass is 19.4. The SMILES string of the molecule is CCOC(=O)c1cccc(C2CCN(C3CC[C@@]4(C3)C(=O)N3Cc5cc(C(F)(F)F)cnc5CC3C4C)CC2)c1. The summed E-state index contributed by atoms with van der Waals surface area (Å²) < 4.78 is 45.0. The Balaban J connectivity index is 1.11. The van der Waals surface area contributed by atoms with Crippen LogP contribution in [0, 0.1) is 11.3 Å². The fourth-order valence-electron chi connectivity index (χ4n) is 7.84. The van der Waals surface area contributed by atoms with Crippen molar-refractivity contribution in [2.75, 3.05) is 19.7 Å². The number of ether oxygens (including phenoxy) is 1. The van der Waals surface area contributed by atoms with Gasteiger partial charge in [-0.05, 0) is 93.3 Å². The standard InChI is InChI=1S/C31H36F3N3O3/c1-3-40-28(38)22-6-4-5-21(13-22)20-8-11-36(12-9-20)25-7-10-30(16-25)19(2)27-15-26-23(18-37(27)29(30)39)14-24(17-35-26)31(32,33)34/h4-6,13-14,17,19-20,25,27H,3,7-12,15-16,18H2,1-2H3/t19?,25?,27?,30-/m0/s1. The van der Waals surface area contributed by atoms with E-state index in [9.17, 15) is 22.8 Å². The summed E-state index contributed by atoms with van der Waals surface area (Å²) in [5, 5.41) is 0. The maximum Gasteiger partial charge on any atom is 0.417 e. The second-order valence-corrected chi connectivity index (χ2v) is 12.0. The van der Waals surface area contributed by atoms with Gasteiger partial charge in [0.2, 0.25) is 5.91 Å². The molecule has 3 unspecified atom stereocenters. The summed E-state index contributed by atoms with van der Waals surface area (Å²) in [6, 6.07) is 9.26. The summed E-state index contributed by atoms with van der Waals surface area (Å²) >= 11 is 0. The fourth-order valence-corrected chi connectivity index (χ4v) is 7.84. The lowest BCUT2D eigenvalue weighted by molar-refractivity contribution is -0.138. The summed E-state index contributed by atoms with van der Waals surface area (Å²) in [6.45, 7) is 6.41. The molecule has 1 saturated carbocycles. The van der Waals surface area contributed by atoms with Crippen LogP contribution in [0.2, 0.25) is 0 Å². The zero-order valence-electron chi connectivity index (χ0n) is 23.0. The van der Waals surface area contributed by atoms with E-state index in [0.29, 0.717) is 41.8 Å². The number of hydrogen-bond donors (Lipinski definition) is 0. The third kappa shape index (κ3) is 4.60. The summed E-state index contributed by atoms with van der Waals surface area (Å²) in [7, 11) is 0. The zero-order valence-corrected chi connectivity index (χ0v) is 23.0. The number of aromatic nitrogens is 1. The van der Waals surface area contributed by atoms with Gasteiger partial charge in [0.05, 0.1) is 23.1 Å². The molecule has 3 aliphatic heterocycles. The van der Waals surface area contributed by atoms with Gasteiger partial charge >= 0.3 is 12.1 Å². The number of likely N-dealkylation sites (tertiary alicyclic amines) is 1. The Labute approximate surface area is 232 Å². The van der Waals surface area contributed by atoms with Crippen molar-refractivity contribution >= 4 is 11.9 Å². The van der Waals surface area contributed by atoms with Gasteiger partial charge in [0.1, 0.15) is 0 Å². The number of fused-ring (bicyclic) bond motifs is 2. The number of carbonyl (C=O) groups is 2. The number of esters is 1. The van der Waals surface area contributed by atoms with E-state index < -0.39 is 17.2 Å². The molecule has 9 heteroatoms. The minimum absolute atomic E-state index is 0.0135. The molecular weight excluding hydrogens is 519 g/mol. The summed E-state index contributed by atoms with van der Waals surface area (Å²) in [5.41, 5.74) is 1.77. The van der Waals surface area contributed by atoms with Gasteiger partial charge in [0.25, 0.3) is 0 Å². The van der Waals surface area contributed by atoms with E-state index in [1.54, 1.807) is 13.0 Å². The Morgan fingerprint density at radius 3 is 2.67 bits per heavy atom. The average molecular weight is 556 g/mol. The first kappa shape index (κ1) is 27.2. The molecule has 40 heavy (non-hydrogen) atoms. The maximum absolute atomic E-state index is 13.9. The van der Waals surface area contributed by atoms with E-state index in [4.69, 9.17) is 4.74 Å². The quantitative estimate of drug-likeness (QED) is 0.460. The Hall–Kier alpha value is -2.94. The highest BCUT2D eigenvalue weighted by molar-refractivity contribution is 5.89. The fraction of sp³-hybridized carbons (Fsp3) is 0.581. The monoisotopic (exact) mass is 555 g/mol. The average Bonchev–Trinajstić information content (AvgIpc) is 3.48. The third-order valence-electron chi connectivity index (χ3n) is 10.1. The first-order chi connectivity index (χ1) is 19.1. The van der Waals surface area contributed by atoms with Crippen LogP contribution in [0.25, 0.3) is 0 Å². The van der Waals surface area contributed by atoms with Crippen LogP contribution in [-0.4, -0.2) is 58.4 Å². The van der Waals surface area contributed by atoms with Crippen LogP contribution in [0.4, 0.5) is 13.2 Å². The number of hydrogen-bond acceptors (Lipinski definition) is 5. The molecule has 1 spiro atoms. The van der Waals surface area contributed by atoms with Gasteiger partial charge in [-0.25, -0.2) is 4.79 Å². The molecule has 0 bridgehead atoms. The summed E-state index contributed by atoms with van der Waals surface area (Å²) in [6.07, 6.45) is 1.58. The van der Waals surface area contributed by atoms with Gasteiger partial charge in [-0.1, -0.05) is 19.1 Å². The van der Waals surface area contributed by atoms with Crippen molar-refractivity contribution in [3.05, 3.63) is 64.5 Å². The lowest BCUT2D eigenvalue weighted by atomic mass is 9.73. The molecule has 1 aromatic heterocycles. The molecule has 2 aromatic rings. The molecule has 4 heterocycles. The minimum atomic E-state index is -4.45. The predicted octanol–water partition coefficient (Wildman–Crippen LogP) is 5.60. The molecule has 6 nitrogen and oxygen atoms in total. The van der Waals surface area contributed by atoms with Gasteiger partial charge in [-0.15, -0.1) is 0 Å². The van der Waals surface area contributed by atoms with E-state index in [1.807, 2.05) is 17.0 Å². The molecule has 1 amide bonds. The van der Waals surface area contributed by atoms with Crippen molar-refractivity contribution in [2.45, 2.75) is 83.1 Å². The number of pyridine rings is 1. The van der Waals surface area contributed by atoms with Crippen LogP contribution in [0.1, 0.15) is 84.6 Å². The second-order valence-electron chi connectivity index (χ2n) is 12.0. The Morgan fingerprint density at radius 1 is 1.18 bits per heavy atom. The number of carbonyl (C=O) groups excluding carboxylic acids is 2. The van der Waals surface area contributed by atoms with Crippen molar-refractivity contribution < 1.29 is 27.5 Å². The molecule has 4 atom stereocenters. The molecule has 4 aliphatic rings. The lowest BCUT2D eigenvalue weighted by Gasteiger charge is -2.37. The lowest BCUT2D eigenvalue weighted by Crippen LogP contribution is -2.42. The molecule has 214 valence electrons. The number of amides is 1. The Morgan fingerprint density at radius 2 is 1.95 bits per heavy atom. The molecule has 0 radical (unpaired) electrons. The summed E-state index contributed by atoms with van der Waals surface area (Å²) in [5.74, 6) is 0.339. The highest BCUT2D eigenvalue weighted by Crippen LogP contribution is 2.55. The first-order valence-corrected chi connectivity index (χ1v) is 14.5. The molecule has 0 N–H and O–H groups in total. The second kappa shape index (κ2) is 10.2. The van der Waals surface area contributed by atoms with Crippen molar-refractivity contribution in [3.63, 3.8) is 0 Å². The smallest absolute Gasteiger partial charge is 0.417 e. The van der Waals surface area contributed by atoms with E-state index in [2.05, 4.69) is 22.9 Å². The van der Waals surface area contributed by atoms with Crippen LogP contribution >= 0.6 is 0 Å². The molecule has 1 aliphatic carbocycles. The molecule has 6 rings (SSSR count). The van der Waals surface area contributed by atoms with Crippen LogP contribution in [0.3, 0.4) is 0 Å². The Kier molecular flexibility index (Phi) is 6.92. The number of piperidine rings is 1. The van der Waals surface area contributed by atoms with Gasteiger partial charge in [0, 0.05) is 36.9 Å². The van der Waals surface area contributed by atoms with Crippen molar-refractivity contribution in [1.82, 2.24) is 14.8 Å². The number of rotatable bonds is 4. The van der Waals surface area contributed by atoms with Gasteiger partial charge in [-0.2, -0.15) is 13.2 Å². The normalized spacial score (nSPS) is 29.1. The highest BCUT2D eigenvalue weighted by Gasteiger charge is 2.61. The van der Waals surface area contributed by atoms with E-state index in [0.717, 1.165) is 51.4 Å². The van der Waals surface area contributed by atoms with Gasteiger partial charge < -0.3 is 14.5 Å². The maximum atomic E-state index is 13.9. The number of halogens is 3. The van der Waals surface area contributed by atoms with Crippen molar-refractivity contribution in [3.8, 4) is 0 Å². The number of nitrogens with zero attached hydrogens (tertiary/aromatic N) is 3. The zero-order chi connectivity index (χ0) is 28.2. The van der Waals surface area contributed by atoms with Crippen LogP contribution < -0.4 is 0 Å². The third-order valence-corrected chi connectivity index (χ3v) is 10.1.